The Kier molecular flexibility index (Phi) is 3.03. The smallest absolute Gasteiger partial charge is 0.0724 e. The maximum absolute atomic E-state index is 4.90. The molecule has 1 aliphatic carbocycles. The molecule has 2 N–H and O–H groups in total. The van der Waals surface area contributed by atoms with E-state index in [1.54, 1.807) is 0 Å². The van der Waals surface area contributed by atoms with Crippen molar-refractivity contribution in [2.24, 2.45) is 22.5 Å². The third-order valence-corrected chi connectivity index (χ3v) is 5.72. The van der Waals surface area contributed by atoms with Crippen molar-refractivity contribution in [1.29, 1.82) is 0 Å². The zero-order chi connectivity index (χ0) is 11.1. The Labute approximate surface area is 99.7 Å². The van der Waals surface area contributed by atoms with E-state index in [-0.39, 0.29) is 0 Å². The molecule has 4 heteroatoms. The van der Waals surface area contributed by atoms with Crippen molar-refractivity contribution >= 4 is 8.37 Å². The van der Waals surface area contributed by atoms with Gasteiger partial charge in [0.15, 0.2) is 0 Å². The number of nitrogens with zero attached hydrogens (tertiary/aromatic N) is 1. The normalized spacial score (nSPS) is 52.9. The molecular weight excluding hydrogens is 217 g/mol. The Morgan fingerprint density at radius 1 is 1.19 bits per heavy atom. The summed E-state index contributed by atoms with van der Waals surface area (Å²) in [6, 6.07) is 0.656. The molecule has 0 spiro atoms. The molecule has 0 bridgehead atoms. The van der Waals surface area contributed by atoms with E-state index in [1.807, 2.05) is 0 Å². The lowest BCUT2D eigenvalue weighted by Crippen LogP contribution is -2.59. The van der Waals surface area contributed by atoms with E-state index in [0.29, 0.717) is 18.0 Å². The highest BCUT2D eigenvalue weighted by Crippen LogP contribution is 2.44. The van der Waals surface area contributed by atoms with E-state index in [0.717, 1.165) is 17.8 Å². The summed E-state index contributed by atoms with van der Waals surface area (Å²) < 4.78 is 4.90. The standard InChI is InChI=1S/C12H22N3P/c1-7-3-4-9-10-6-13-8(2)14-12(10)16-15-11(9)5-7/h7-14H,3-6H2,1-2H3. The van der Waals surface area contributed by atoms with E-state index in [2.05, 4.69) is 24.5 Å². The maximum Gasteiger partial charge on any atom is 0.0724 e. The predicted octanol–water partition coefficient (Wildman–Crippen LogP) is 2.42. The molecule has 0 amide bonds. The van der Waals surface area contributed by atoms with Gasteiger partial charge in [0.1, 0.15) is 0 Å². The van der Waals surface area contributed by atoms with Crippen LogP contribution in [0, 0.1) is 17.8 Å². The van der Waals surface area contributed by atoms with Crippen molar-refractivity contribution in [3.63, 3.8) is 0 Å². The molecule has 1 saturated carbocycles. The Balaban J connectivity index is 1.78. The summed E-state index contributed by atoms with van der Waals surface area (Å²) in [6.07, 6.45) is 4.59. The predicted molar refractivity (Wildman–Crippen MR) is 67.5 cm³/mol. The molecular formula is C12H22N3P. The largest absolute Gasteiger partial charge is 0.302 e. The fourth-order valence-corrected chi connectivity index (χ4v) is 4.90. The van der Waals surface area contributed by atoms with Gasteiger partial charge in [-0.1, -0.05) is 13.3 Å². The summed E-state index contributed by atoms with van der Waals surface area (Å²) in [6.45, 7) is 5.78. The van der Waals surface area contributed by atoms with Crippen LogP contribution in [-0.4, -0.2) is 24.5 Å². The number of hydrogen-bond donors (Lipinski definition) is 2. The summed E-state index contributed by atoms with van der Waals surface area (Å²) in [5, 5.41) is 7.21. The molecule has 6 unspecified atom stereocenters. The quantitative estimate of drug-likeness (QED) is 0.637. The van der Waals surface area contributed by atoms with Gasteiger partial charge in [-0.05, 0) is 31.6 Å². The number of fused-ring (bicyclic) bond motifs is 3. The molecule has 3 nitrogen and oxygen atoms in total. The van der Waals surface area contributed by atoms with Crippen LogP contribution in [0.1, 0.15) is 33.1 Å². The van der Waals surface area contributed by atoms with Crippen molar-refractivity contribution < 1.29 is 0 Å². The van der Waals surface area contributed by atoms with Crippen molar-refractivity contribution in [3.8, 4) is 0 Å². The molecule has 16 heavy (non-hydrogen) atoms. The number of hydrogen-bond acceptors (Lipinski definition) is 3. The van der Waals surface area contributed by atoms with Gasteiger partial charge in [-0.3, -0.25) is 10.1 Å². The summed E-state index contributed by atoms with van der Waals surface area (Å²) in [5.74, 6) is 3.16. The molecule has 2 heterocycles. The van der Waals surface area contributed by atoms with E-state index in [4.69, 9.17) is 4.74 Å². The topological polar surface area (TPSA) is 36.4 Å². The van der Waals surface area contributed by atoms with Crippen LogP contribution in [0.5, 0.6) is 0 Å². The second kappa shape index (κ2) is 4.36. The van der Waals surface area contributed by atoms with Crippen LogP contribution in [0.15, 0.2) is 4.74 Å². The molecule has 0 aromatic heterocycles. The minimum Gasteiger partial charge on any atom is -0.302 e. The van der Waals surface area contributed by atoms with E-state index >= 15 is 0 Å². The summed E-state index contributed by atoms with van der Waals surface area (Å²) in [4.78, 5) is 0. The summed E-state index contributed by atoms with van der Waals surface area (Å²) in [5.41, 5.74) is 0. The first-order valence-electron chi connectivity index (χ1n) is 6.63. The van der Waals surface area contributed by atoms with Crippen molar-refractivity contribution in [2.45, 2.75) is 51.1 Å². The summed E-state index contributed by atoms with van der Waals surface area (Å²) >= 11 is 0. The highest BCUT2D eigenvalue weighted by atomic mass is 31.1. The Morgan fingerprint density at radius 2 is 2.06 bits per heavy atom. The maximum atomic E-state index is 4.90. The van der Waals surface area contributed by atoms with Gasteiger partial charge in [-0.15, -0.1) is 0 Å². The number of rotatable bonds is 0. The van der Waals surface area contributed by atoms with Gasteiger partial charge in [-0.2, -0.15) is 0 Å². The van der Waals surface area contributed by atoms with Gasteiger partial charge in [0, 0.05) is 20.8 Å². The molecule has 90 valence electrons. The second-order valence-electron chi connectivity index (χ2n) is 5.79. The van der Waals surface area contributed by atoms with Gasteiger partial charge in [-0.25, -0.2) is 0 Å². The SMILES string of the molecule is CC1CCC2C(C1)N=PC1NC(C)NCC12. The van der Waals surface area contributed by atoms with E-state index in [9.17, 15) is 0 Å². The first-order valence-corrected chi connectivity index (χ1v) is 7.55. The number of nitrogens with one attached hydrogen (secondary N) is 2. The van der Waals surface area contributed by atoms with Gasteiger partial charge in [0.05, 0.1) is 18.0 Å². The Bertz CT molecular complexity index is 266. The summed E-state index contributed by atoms with van der Waals surface area (Å²) in [7, 11) is 1.30. The lowest BCUT2D eigenvalue weighted by atomic mass is 9.72. The van der Waals surface area contributed by atoms with Crippen LogP contribution in [0.3, 0.4) is 0 Å². The van der Waals surface area contributed by atoms with Crippen LogP contribution in [0.2, 0.25) is 0 Å². The zero-order valence-electron chi connectivity index (χ0n) is 10.2. The monoisotopic (exact) mass is 239 g/mol. The first-order chi connectivity index (χ1) is 7.74. The van der Waals surface area contributed by atoms with Crippen LogP contribution in [0.25, 0.3) is 0 Å². The van der Waals surface area contributed by atoms with Crippen LogP contribution >= 0.6 is 8.37 Å². The minimum atomic E-state index is 0.461. The second-order valence-corrected chi connectivity index (χ2v) is 6.80. The molecule has 2 aliphatic heterocycles. The average molecular weight is 239 g/mol. The molecule has 3 aliphatic rings. The average Bonchev–Trinajstić information content (AvgIpc) is 2.28. The Morgan fingerprint density at radius 3 is 2.94 bits per heavy atom. The highest BCUT2D eigenvalue weighted by molar-refractivity contribution is 7.27. The third-order valence-electron chi connectivity index (χ3n) is 4.51. The first kappa shape index (κ1) is 11.1. The minimum absolute atomic E-state index is 0.461. The van der Waals surface area contributed by atoms with Crippen LogP contribution in [-0.2, 0) is 0 Å². The molecule has 0 radical (unpaired) electrons. The third kappa shape index (κ3) is 1.94. The Hall–Kier alpha value is 0.0200. The van der Waals surface area contributed by atoms with Gasteiger partial charge >= 0.3 is 0 Å². The molecule has 0 aromatic carbocycles. The van der Waals surface area contributed by atoms with Crippen LogP contribution < -0.4 is 10.6 Å². The lowest BCUT2D eigenvalue weighted by molar-refractivity contribution is 0.132. The fraction of sp³-hybridized carbons (Fsp3) is 1.00. The van der Waals surface area contributed by atoms with Gasteiger partial charge in [0.2, 0.25) is 0 Å². The molecule has 6 atom stereocenters. The fourth-order valence-electron chi connectivity index (χ4n) is 3.53. The van der Waals surface area contributed by atoms with Crippen molar-refractivity contribution in [3.05, 3.63) is 0 Å². The van der Waals surface area contributed by atoms with Crippen LogP contribution in [0.4, 0.5) is 0 Å². The van der Waals surface area contributed by atoms with E-state index in [1.165, 1.54) is 34.2 Å². The van der Waals surface area contributed by atoms with Crippen molar-refractivity contribution in [2.75, 3.05) is 6.54 Å². The highest BCUT2D eigenvalue weighted by Gasteiger charge is 2.42. The van der Waals surface area contributed by atoms with Crippen molar-refractivity contribution in [1.82, 2.24) is 10.6 Å². The van der Waals surface area contributed by atoms with Gasteiger partial charge < -0.3 is 5.32 Å². The molecule has 2 fully saturated rings. The van der Waals surface area contributed by atoms with E-state index < -0.39 is 0 Å². The molecule has 1 saturated heterocycles. The lowest BCUT2D eigenvalue weighted by Gasteiger charge is -2.46. The molecule has 0 aromatic rings. The molecule has 3 rings (SSSR count). The van der Waals surface area contributed by atoms with Gasteiger partial charge in [0.25, 0.3) is 0 Å². The zero-order valence-corrected chi connectivity index (χ0v) is 11.1.